The summed E-state index contributed by atoms with van der Waals surface area (Å²) in [5.41, 5.74) is 12.2. The van der Waals surface area contributed by atoms with E-state index in [1.54, 1.807) is 0 Å². The van der Waals surface area contributed by atoms with E-state index in [1.165, 1.54) is 10.8 Å². The van der Waals surface area contributed by atoms with Gasteiger partial charge in [-0.1, -0.05) is 97.1 Å². The third-order valence-corrected chi connectivity index (χ3v) is 9.40. The predicted octanol–water partition coefficient (Wildman–Crippen LogP) is 11.0. The van der Waals surface area contributed by atoms with Gasteiger partial charge in [-0.2, -0.15) is 10.5 Å². The van der Waals surface area contributed by atoms with Crippen LogP contribution in [0.2, 0.25) is 0 Å². The van der Waals surface area contributed by atoms with Crippen LogP contribution in [-0.4, -0.2) is 9.13 Å². The third kappa shape index (κ3) is 4.07. The van der Waals surface area contributed by atoms with E-state index in [4.69, 9.17) is 0 Å². The van der Waals surface area contributed by atoms with Crippen molar-refractivity contribution in [2.24, 2.45) is 0 Å². The fourth-order valence-electron chi connectivity index (χ4n) is 7.34. The summed E-state index contributed by atoms with van der Waals surface area (Å²) in [4.78, 5) is 0. The molecule has 4 heteroatoms. The van der Waals surface area contributed by atoms with Gasteiger partial charge in [0, 0.05) is 38.4 Å². The van der Waals surface area contributed by atoms with E-state index >= 15 is 0 Å². The molecule has 0 atom stereocenters. The number of aromatic nitrogens is 2. The molecule has 0 saturated heterocycles. The molecule has 0 aliphatic rings. The molecule has 9 rings (SSSR count). The van der Waals surface area contributed by atoms with E-state index in [9.17, 15) is 10.5 Å². The van der Waals surface area contributed by atoms with Gasteiger partial charge in [-0.3, -0.25) is 0 Å². The Labute approximate surface area is 277 Å². The lowest BCUT2D eigenvalue weighted by molar-refractivity contribution is 1.18. The van der Waals surface area contributed by atoms with Gasteiger partial charge in [0.05, 0.1) is 51.0 Å². The minimum absolute atomic E-state index is 0.635. The number of rotatable bonds is 4. The second-order valence-corrected chi connectivity index (χ2v) is 12.0. The van der Waals surface area contributed by atoms with Gasteiger partial charge in [-0.25, -0.2) is 0 Å². The van der Waals surface area contributed by atoms with Crippen LogP contribution in [0.15, 0.2) is 158 Å². The summed E-state index contributed by atoms with van der Waals surface area (Å²) in [6.07, 6.45) is 0. The Kier molecular flexibility index (Phi) is 6.22. The Bertz CT molecular complexity index is 2800. The summed E-state index contributed by atoms with van der Waals surface area (Å²) < 4.78 is 4.65. The first-order valence-electron chi connectivity index (χ1n) is 15.9. The SMILES string of the molecule is N#Cc1ccc(-n2c3ccccc3c3cccc(-c4ccccc4-c4ccccc4-n4c5ccccc5c5cc(C#N)ccc54)c32)cc1. The van der Waals surface area contributed by atoms with Gasteiger partial charge in [0.2, 0.25) is 0 Å². The van der Waals surface area contributed by atoms with Crippen molar-refractivity contribution >= 4 is 43.6 Å². The van der Waals surface area contributed by atoms with Crippen molar-refractivity contribution in [3.8, 4) is 45.8 Å². The summed E-state index contributed by atoms with van der Waals surface area (Å²) in [5.74, 6) is 0. The zero-order valence-electron chi connectivity index (χ0n) is 25.8. The molecule has 0 saturated carbocycles. The largest absolute Gasteiger partial charge is 0.309 e. The molecule has 0 spiro atoms. The Hall–Kier alpha value is -6.88. The molecule has 0 bridgehead atoms. The lowest BCUT2D eigenvalue weighted by Gasteiger charge is -2.18. The molecule has 2 aromatic heterocycles. The zero-order chi connectivity index (χ0) is 32.2. The number of para-hydroxylation sites is 4. The second kappa shape index (κ2) is 10.9. The van der Waals surface area contributed by atoms with E-state index in [2.05, 4.69) is 143 Å². The van der Waals surface area contributed by atoms with Crippen molar-refractivity contribution in [3.05, 3.63) is 169 Å². The number of nitrogens with zero attached hydrogens (tertiary/aromatic N) is 4. The smallest absolute Gasteiger partial charge is 0.0991 e. The average molecular weight is 611 g/mol. The highest BCUT2D eigenvalue weighted by molar-refractivity contribution is 6.15. The average Bonchev–Trinajstić information content (AvgIpc) is 3.67. The molecule has 0 N–H and O–H groups in total. The van der Waals surface area contributed by atoms with E-state index in [-0.39, 0.29) is 0 Å². The lowest BCUT2D eigenvalue weighted by Crippen LogP contribution is -1.99. The van der Waals surface area contributed by atoms with Crippen LogP contribution in [-0.2, 0) is 0 Å². The summed E-state index contributed by atoms with van der Waals surface area (Å²) >= 11 is 0. The van der Waals surface area contributed by atoms with E-state index in [0.29, 0.717) is 11.1 Å². The second-order valence-electron chi connectivity index (χ2n) is 12.0. The topological polar surface area (TPSA) is 57.4 Å². The molecule has 48 heavy (non-hydrogen) atoms. The molecule has 4 nitrogen and oxygen atoms in total. The molecule has 222 valence electrons. The van der Waals surface area contributed by atoms with Crippen LogP contribution in [0.3, 0.4) is 0 Å². The van der Waals surface area contributed by atoms with Gasteiger partial charge in [0.25, 0.3) is 0 Å². The highest BCUT2D eigenvalue weighted by atomic mass is 15.0. The minimum atomic E-state index is 0.635. The van der Waals surface area contributed by atoms with Crippen molar-refractivity contribution in [2.45, 2.75) is 0 Å². The van der Waals surface area contributed by atoms with Crippen LogP contribution in [0.5, 0.6) is 0 Å². The molecule has 0 radical (unpaired) electrons. The number of hydrogen-bond donors (Lipinski definition) is 0. The molecule has 2 heterocycles. The zero-order valence-corrected chi connectivity index (χ0v) is 25.8. The van der Waals surface area contributed by atoms with Crippen molar-refractivity contribution in [1.29, 1.82) is 10.5 Å². The third-order valence-electron chi connectivity index (χ3n) is 9.40. The predicted molar refractivity (Wildman–Crippen MR) is 195 cm³/mol. The number of benzene rings is 7. The molecule has 0 aliphatic heterocycles. The van der Waals surface area contributed by atoms with Gasteiger partial charge in [0.1, 0.15) is 0 Å². The summed E-state index contributed by atoms with van der Waals surface area (Å²) in [7, 11) is 0. The Morgan fingerprint density at radius 1 is 0.375 bits per heavy atom. The fourth-order valence-corrected chi connectivity index (χ4v) is 7.34. The summed E-state index contributed by atoms with van der Waals surface area (Å²) in [5, 5.41) is 23.7. The Balaban J connectivity index is 1.34. The molecule has 9 aromatic rings. The molecule has 7 aromatic carbocycles. The van der Waals surface area contributed by atoms with Crippen LogP contribution in [0.4, 0.5) is 0 Å². The van der Waals surface area contributed by atoms with Crippen molar-refractivity contribution in [1.82, 2.24) is 9.13 Å². The highest BCUT2D eigenvalue weighted by Gasteiger charge is 2.21. The number of nitriles is 2. The summed E-state index contributed by atoms with van der Waals surface area (Å²) in [6.45, 7) is 0. The van der Waals surface area contributed by atoms with Crippen LogP contribution >= 0.6 is 0 Å². The molecule has 0 amide bonds. The van der Waals surface area contributed by atoms with Gasteiger partial charge in [-0.15, -0.1) is 0 Å². The molecule has 0 unspecified atom stereocenters. The molecular formula is C44H26N4. The first kappa shape index (κ1) is 27.4. The summed E-state index contributed by atoms with van der Waals surface area (Å²) in [6, 6.07) is 59.1. The number of fused-ring (bicyclic) bond motifs is 6. The monoisotopic (exact) mass is 610 g/mol. The quantitative estimate of drug-likeness (QED) is 0.199. The van der Waals surface area contributed by atoms with Crippen molar-refractivity contribution < 1.29 is 0 Å². The maximum absolute atomic E-state index is 9.69. The van der Waals surface area contributed by atoms with Crippen LogP contribution in [0.25, 0.3) is 77.2 Å². The molecule has 0 aliphatic carbocycles. The maximum Gasteiger partial charge on any atom is 0.0991 e. The first-order chi connectivity index (χ1) is 23.7. The first-order valence-corrected chi connectivity index (χ1v) is 15.9. The van der Waals surface area contributed by atoms with E-state index in [0.717, 1.165) is 66.5 Å². The van der Waals surface area contributed by atoms with Gasteiger partial charge in [-0.05, 0) is 71.8 Å². The molecule has 0 fully saturated rings. The van der Waals surface area contributed by atoms with Crippen molar-refractivity contribution in [3.63, 3.8) is 0 Å². The van der Waals surface area contributed by atoms with Crippen molar-refractivity contribution in [2.75, 3.05) is 0 Å². The van der Waals surface area contributed by atoms with E-state index in [1.807, 2.05) is 36.4 Å². The standard InChI is InChI=1S/C44H26N4/c45-27-29-20-23-31(24-21-29)47-40-17-6-4-13-35(40)38-16-9-15-37(44(38)47)33-11-2-1-10-32(33)34-12-3-7-18-41(34)48-42-19-8-5-14-36(42)39-26-30(28-46)22-25-43(39)48/h1-26H. The number of hydrogen-bond acceptors (Lipinski definition) is 2. The van der Waals surface area contributed by atoms with Crippen LogP contribution < -0.4 is 0 Å². The minimum Gasteiger partial charge on any atom is -0.309 e. The highest BCUT2D eigenvalue weighted by Crippen LogP contribution is 2.43. The van der Waals surface area contributed by atoms with Gasteiger partial charge >= 0.3 is 0 Å². The lowest BCUT2D eigenvalue weighted by atomic mass is 9.92. The van der Waals surface area contributed by atoms with Gasteiger partial charge < -0.3 is 9.13 Å². The Morgan fingerprint density at radius 2 is 0.896 bits per heavy atom. The van der Waals surface area contributed by atoms with Gasteiger partial charge in [0.15, 0.2) is 0 Å². The van der Waals surface area contributed by atoms with Crippen LogP contribution in [0, 0.1) is 22.7 Å². The van der Waals surface area contributed by atoms with Crippen LogP contribution in [0.1, 0.15) is 11.1 Å². The normalized spacial score (nSPS) is 11.3. The van der Waals surface area contributed by atoms with E-state index < -0.39 is 0 Å². The fraction of sp³-hybridized carbons (Fsp3) is 0. The molecular weight excluding hydrogens is 585 g/mol. The Morgan fingerprint density at radius 3 is 1.62 bits per heavy atom. The maximum atomic E-state index is 9.69.